The number of unbranched alkanes of at least 4 members (excludes halogenated alkanes) is 2. The van der Waals surface area contributed by atoms with E-state index >= 15 is 0 Å². The summed E-state index contributed by atoms with van der Waals surface area (Å²) in [6, 6.07) is 25.0. The van der Waals surface area contributed by atoms with Gasteiger partial charge in [-0.15, -0.1) is 0 Å². The van der Waals surface area contributed by atoms with Gasteiger partial charge in [-0.2, -0.15) is 5.10 Å². The molecule has 49 heavy (non-hydrogen) atoms. The van der Waals surface area contributed by atoms with Crippen LogP contribution < -0.4 is 20.7 Å². The van der Waals surface area contributed by atoms with Crippen LogP contribution in [-0.4, -0.2) is 62.8 Å². The molecule has 0 saturated carbocycles. The number of piperidine rings is 1. The van der Waals surface area contributed by atoms with E-state index in [2.05, 4.69) is 36.7 Å². The molecule has 0 atom stereocenters. The van der Waals surface area contributed by atoms with Crippen molar-refractivity contribution in [3.05, 3.63) is 90.8 Å². The van der Waals surface area contributed by atoms with Gasteiger partial charge in [0.15, 0.2) is 5.65 Å². The number of likely N-dealkylation sites (tertiary alicyclic amines) is 1. The monoisotopic (exact) mass is 654 g/mol. The van der Waals surface area contributed by atoms with E-state index in [9.17, 15) is 9.59 Å². The molecule has 0 aliphatic carbocycles. The van der Waals surface area contributed by atoms with Crippen LogP contribution in [0.2, 0.25) is 0 Å². The molecule has 3 N–H and O–H groups in total. The van der Waals surface area contributed by atoms with Crippen molar-refractivity contribution in [1.82, 2.24) is 30.0 Å². The number of carbonyl (C=O) groups excluding carboxylic acids is 2. The summed E-state index contributed by atoms with van der Waals surface area (Å²) in [6.07, 6.45) is 6.74. The number of ether oxygens (including phenoxy) is 1. The van der Waals surface area contributed by atoms with E-state index in [1.165, 1.54) is 6.33 Å². The van der Waals surface area contributed by atoms with Gasteiger partial charge in [-0.3, -0.25) is 15.0 Å². The summed E-state index contributed by atoms with van der Waals surface area (Å²) in [5.41, 5.74) is 10.6. The van der Waals surface area contributed by atoms with Crippen LogP contribution in [0.1, 0.15) is 50.1 Å². The molecule has 11 heteroatoms. The number of amides is 3. The lowest BCUT2D eigenvalue weighted by molar-refractivity contribution is -0.120. The number of imide groups is 1. The second kappa shape index (κ2) is 14.6. The zero-order chi connectivity index (χ0) is 33.6. The number of nitrogens with zero attached hydrogens (tertiary/aromatic N) is 6. The summed E-state index contributed by atoms with van der Waals surface area (Å²) in [7, 11) is 0. The lowest BCUT2D eigenvalue weighted by atomic mass is 10.0. The van der Waals surface area contributed by atoms with Crippen molar-refractivity contribution in [3.8, 4) is 34.6 Å². The normalized spacial score (nSPS) is 15.6. The summed E-state index contributed by atoms with van der Waals surface area (Å²) in [5, 5.41) is 8.20. The molecule has 4 heterocycles. The minimum absolute atomic E-state index is 0.228. The Hall–Kier alpha value is -5.73. The maximum absolute atomic E-state index is 12.1. The SMILES string of the molecule is Nc1ncnc2c1c(-c1ccc(Oc3ccccc3)cc1)nn2C1CCN(CCCCC#Cc2ccc(N3CCC(=O)NC3=O)cc2)CC1. The van der Waals surface area contributed by atoms with Crippen molar-refractivity contribution in [2.45, 2.75) is 44.6 Å². The lowest BCUT2D eigenvalue weighted by Gasteiger charge is -2.32. The standard InChI is InChI=1S/C38H38N8O3/c39-36-34-35(28-13-17-32(18-14-28)49-31-9-5-3-6-10-31)43-46(37(34)41-26-40-36)30-19-23-44(24-20-30)22-7-2-1-4-8-27-11-15-29(16-12-27)45-25-21-33(47)42-38(45)48/h3,5-6,9-18,26,30H,1-2,7,19-25H2,(H2,39,40,41)(H,42,47,48). The van der Waals surface area contributed by atoms with Gasteiger partial charge in [0, 0.05) is 49.3 Å². The Balaban J connectivity index is 0.904. The number of aromatic nitrogens is 4. The highest BCUT2D eigenvalue weighted by Crippen LogP contribution is 2.35. The molecule has 2 aliphatic rings. The van der Waals surface area contributed by atoms with Crippen LogP contribution in [0.15, 0.2) is 85.2 Å². The number of anilines is 2. The van der Waals surface area contributed by atoms with Crippen molar-refractivity contribution >= 4 is 34.5 Å². The van der Waals surface area contributed by atoms with Gasteiger partial charge in [-0.1, -0.05) is 30.0 Å². The van der Waals surface area contributed by atoms with E-state index < -0.39 is 0 Å². The molecule has 0 unspecified atom stereocenters. The first-order valence-electron chi connectivity index (χ1n) is 16.8. The molecule has 3 aromatic carbocycles. The van der Waals surface area contributed by atoms with Gasteiger partial charge in [0.25, 0.3) is 0 Å². The molecule has 0 bridgehead atoms. The third kappa shape index (κ3) is 7.40. The largest absolute Gasteiger partial charge is 0.457 e. The van der Waals surface area contributed by atoms with Gasteiger partial charge >= 0.3 is 6.03 Å². The number of carbonyl (C=O) groups is 2. The van der Waals surface area contributed by atoms with Gasteiger partial charge in [0.2, 0.25) is 5.91 Å². The van der Waals surface area contributed by atoms with Crippen LogP contribution in [-0.2, 0) is 4.79 Å². The summed E-state index contributed by atoms with van der Waals surface area (Å²) >= 11 is 0. The summed E-state index contributed by atoms with van der Waals surface area (Å²) < 4.78 is 8.03. The number of nitrogens with two attached hydrogens (primary N) is 1. The Morgan fingerprint density at radius 2 is 1.63 bits per heavy atom. The average molecular weight is 655 g/mol. The predicted molar refractivity (Wildman–Crippen MR) is 189 cm³/mol. The Morgan fingerprint density at radius 3 is 2.39 bits per heavy atom. The number of nitrogens with one attached hydrogen (secondary N) is 1. The summed E-state index contributed by atoms with van der Waals surface area (Å²) in [4.78, 5) is 36.5. The zero-order valence-electron chi connectivity index (χ0n) is 27.2. The number of urea groups is 1. The Morgan fingerprint density at radius 1 is 0.878 bits per heavy atom. The number of hydrogen-bond acceptors (Lipinski definition) is 8. The topological polar surface area (TPSA) is 131 Å². The summed E-state index contributed by atoms with van der Waals surface area (Å²) in [6.45, 7) is 3.42. The predicted octanol–water partition coefficient (Wildman–Crippen LogP) is 6.17. The first-order chi connectivity index (χ1) is 24.0. The zero-order valence-corrected chi connectivity index (χ0v) is 27.2. The fourth-order valence-electron chi connectivity index (χ4n) is 6.39. The van der Waals surface area contributed by atoms with Crippen molar-refractivity contribution in [2.75, 3.05) is 36.8 Å². The fourth-order valence-corrected chi connectivity index (χ4v) is 6.39. The molecule has 2 aliphatic heterocycles. The van der Waals surface area contributed by atoms with Crippen molar-refractivity contribution in [1.29, 1.82) is 0 Å². The van der Waals surface area contributed by atoms with Crippen molar-refractivity contribution in [2.24, 2.45) is 0 Å². The second-order valence-corrected chi connectivity index (χ2v) is 12.3. The van der Waals surface area contributed by atoms with E-state index in [1.54, 1.807) is 4.90 Å². The molecule has 2 aromatic heterocycles. The minimum atomic E-state index is -0.379. The average Bonchev–Trinajstić information content (AvgIpc) is 3.52. The number of rotatable bonds is 9. The van der Waals surface area contributed by atoms with Gasteiger partial charge in [0.1, 0.15) is 29.3 Å². The van der Waals surface area contributed by atoms with Gasteiger partial charge in [0.05, 0.1) is 11.4 Å². The number of hydrogen-bond donors (Lipinski definition) is 2. The molecule has 7 rings (SSSR count). The first-order valence-corrected chi connectivity index (χ1v) is 16.8. The lowest BCUT2D eigenvalue weighted by Crippen LogP contribution is -2.49. The van der Waals surface area contributed by atoms with Gasteiger partial charge < -0.3 is 15.4 Å². The molecule has 11 nitrogen and oxygen atoms in total. The van der Waals surface area contributed by atoms with E-state index in [0.29, 0.717) is 18.8 Å². The maximum atomic E-state index is 12.1. The Kier molecular flexibility index (Phi) is 9.48. The van der Waals surface area contributed by atoms with Crippen LogP contribution in [0.3, 0.4) is 0 Å². The van der Waals surface area contributed by atoms with E-state index in [0.717, 1.165) is 96.8 Å². The highest BCUT2D eigenvalue weighted by molar-refractivity contribution is 6.05. The summed E-state index contributed by atoms with van der Waals surface area (Å²) in [5.74, 6) is 8.24. The smallest absolute Gasteiger partial charge is 0.328 e. The van der Waals surface area contributed by atoms with Crippen molar-refractivity contribution in [3.63, 3.8) is 0 Å². The number of benzene rings is 3. The molecular weight excluding hydrogens is 616 g/mol. The third-order valence-electron chi connectivity index (χ3n) is 9.02. The molecular formula is C38H38N8O3. The molecule has 248 valence electrons. The van der Waals surface area contributed by atoms with Gasteiger partial charge in [-0.05, 0) is 92.9 Å². The molecule has 0 radical (unpaired) electrons. The Labute approximate surface area is 285 Å². The van der Waals surface area contributed by atoms with E-state index in [4.69, 9.17) is 15.6 Å². The van der Waals surface area contributed by atoms with Crippen LogP contribution >= 0.6 is 0 Å². The minimum Gasteiger partial charge on any atom is -0.457 e. The van der Waals surface area contributed by atoms with E-state index in [-0.39, 0.29) is 18.0 Å². The molecule has 2 fully saturated rings. The Bertz CT molecular complexity index is 1990. The molecule has 0 spiro atoms. The van der Waals surface area contributed by atoms with Crippen LogP contribution in [0.4, 0.5) is 16.3 Å². The van der Waals surface area contributed by atoms with Crippen LogP contribution in [0.25, 0.3) is 22.3 Å². The van der Waals surface area contributed by atoms with Crippen LogP contribution in [0.5, 0.6) is 11.5 Å². The molecule has 3 amide bonds. The third-order valence-corrected chi connectivity index (χ3v) is 9.02. The van der Waals surface area contributed by atoms with Gasteiger partial charge in [-0.25, -0.2) is 19.4 Å². The molecule has 5 aromatic rings. The molecule has 2 saturated heterocycles. The van der Waals surface area contributed by atoms with Crippen LogP contribution in [0, 0.1) is 11.8 Å². The quantitative estimate of drug-likeness (QED) is 0.143. The van der Waals surface area contributed by atoms with Crippen molar-refractivity contribution < 1.29 is 14.3 Å². The fraction of sp³-hybridized carbons (Fsp3) is 0.289. The number of para-hydroxylation sites is 1. The number of nitrogen functional groups attached to an aromatic ring is 1. The maximum Gasteiger partial charge on any atom is 0.328 e. The van der Waals surface area contributed by atoms with E-state index in [1.807, 2.05) is 78.9 Å². The first kappa shape index (κ1) is 31.8. The number of fused-ring (bicyclic) bond motifs is 1. The highest BCUT2D eigenvalue weighted by Gasteiger charge is 2.26. The highest BCUT2D eigenvalue weighted by atomic mass is 16.5. The second-order valence-electron chi connectivity index (χ2n) is 12.3.